The molecule has 1 N–H and O–H groups in total. The second kappa shape index (κ2) is 2.85. The van der Waals surface area contributed by atoms with Gasteiger partial charge in [0.15, 0.2) is 5.82 Å². The van der Waals surface area contributed by atoms with E-state index in [-0.39, 0.29) is 0 Å². The van der Waals surface area contributed by atoms with Crippen molar-refractivity contribution >= 4 is 12.2 Å². The highest BCUT2D eigenvalue weighted by atomic mass is 32.1. The van der Waals surface area contributed by atoms with Gasteiger partial charge in [0.1, 0.15) is 10.3 Å². The number of pyridine rings is 1. The van der Waals surface area contributed by atoms with E-state index >= 15 is 0 Å². The van der Waals surface area contributed by atoms with Crippen LogP contribution in [0.5, 0.6) is 0 Å². The van der Waals surface area contributed by atoms with E-state index in [9.17, 15) is 17.6 Å². The van der Waals surface area contributed by atoms with E-state index in [0.29, 0.717) is 12.1 Å². The van der Waals surface area contributed by atoms with Gasteiger partial charge in [-0.25, -0.2) is 4.39 Å². The Morgan fingerprint density at radius 3 is 2.25 bits per heavy atom. The minimum atomic E-state index is -4.51. The molecule has 1 nitrogen and oxygen atoms in total. The lowest BCUT2D eigenvalue weighted by molar-refractivity contribution is -0.141. The zero-order valence-electron chi connectivity index (χ0n) is 5.57. The molecule has 6 heteroatoms. The molecule has 0 saturated carbocycles. The fourth-order valence-electron chi connectivity index (χ4n) is 0.621. The summed E-state index contributed by atoms with van der Waals surface area (Å²) in [5, 5.41) is 0. The van der Waals surface area contributed by atoms with Crippen LogP contribution in [0.3, 0.4) is 0 Å². The Kier molecular flexibility index (Phi) is 2.18. The lowest BCUT2D eigenvalue weighted by Crippen LogP contribution is -2.08. The minimum Gasteiger partial charge on any atom is -0.340 e. The molecule has 0 aliphatic carbocycles. The Labute approximate surface area is 70.0 Å². The van der Waals surface area contributed by atoms with Crippen LogP contribution >= 0.6 is 12.2 Å². The van der Waals surface area contributed by atoms with E-state index in [1.165, 1.54) is 0 Å². The molecule has 0 aromatic carbocycles. The second-order valence-electron chi connectivity index (χ2n) is 2.05. The molecule has 12 heavy (non-hydrogen) atoms. The van der Waals surface area contributed by atoms with Crippen LogP contribution in [0.4, 0.5) is 17.6 Å². The van der Waals surface area contributed by atoms with Crippen LogP contribution in [0.2, 0.25) is 0 Å². The van der Waals surface area contributed by atoms with Crippen LogP contribution in [0, 0.1) is 10.5 Å². The third kappa shape index (κ3) is 1.82. The molecule has 1 heterocycles. The summed E-state index contributed by atoms with van der Waals surface area (Å²) >= 11 is 4.28. The van der Waals surface area contributed by atoms with Crippen molar-refractivity contribution in [3.63, 3.8) is 0 Å². The summed E-state index contributed by atoms with van der Waals surface area (Å²) in [6.07, 6.45) is -4.51. The maximum atomic E-state index is 12.4. The summed E-state index contributed by atoms with van der Waals surface area (Å²) in [6.45, 7) is 0. The van der Waals surface area contributed by atoms with Crippen molar-refractivity contribution in [3.8, 4) is 0 Å². The topological polar surface area (TPSA) is 15.8 Å². The Morgan fingerprint density at radius 2 is 1.83 bits per heavy atom. The van der Waals surface area contributed by atoms with Crippen LogP contribution in [0.1, 0.15) is 5.69 Å². The predicted octanol–water partition coefficient (Wildman–Crippen LogP) is 2.90. The average molecular weight is 197 g/mol. The first kappa shape index (κ1) is 9.18. The van der Waals surface area contributed by atoms with Gasteiger partial charge in [-0.2, -0.15) is 13.2 Å². The third-order valence-corrected chi connectivity index (χ3v) is 1.46. The van der Waals surface area contributed by atoms with Crippen molar-refractivity contribution in [3.05, 3.63) is 28.3 Å². The summed E-state index contributed by atoms with van der Waals surface area (Å²) in [5.74, 6) is -0.863. The second-order valence-corrected chi connectivity index (χ2v) is 2.46. The van der Waals surface area contributed by atoms with Crippen LogP contribution in [-0.2, 0) is 6.18 Å². The van der Waals surface area contributed by atoms with Crippen molar-refractivity contribution in [1.29, 1.82) is 0 Å². The van der Waals surface area contributed by atoms with Gasteiger partial charge in [-0.1, -0.05) is 12.2 Å². The van der Waals surface area contributed by atoms with Crippen LogP contribution in [0.15, 0.2) is 12.1 Å². The van der Waals surface area contributed by atoms with Gasteiger partial charge in [0.25, 0.3) is 0 Å². The van der Waals surface area contributed by atoms with Crippen molar-refractivity contribution in [2.24, 2.45) is 0 Å². The number of aromatic nitrogens is 1. The molecule has 66 valence electrons. The molecule has 0 amide bonds. The number of aromatic amines is 1. The highest BCUT2D eigenvalue weighted by Gasteiger charge is 2.31. The Hall–Kier alpha value is -0.910. The van der Waals surface area contributed by atoms with E-state index in [2.05, 4.69) is 12.2 Å². The summed E-state index contributed by atoms with van der Waals surface area (Å²) in [4.78, 5) is 1.73. The van der Waals surface area contributed by atoms with Gasteiger partial charge < -0.3 is 4.98 Å². The Morgan fingerprint density at radius 1 is 1.25 bits per heavy atom. The normalized spacial score (nSPS) is 11.7. The van der Waals surface area contributed by atoms with E-state index in [1.807, 2.05) is 0 Å². The predicted molar refractivity (Wildman–Crippen MR) is 36.6 cm³/mol. The number of alkyl halides is 3. The minimum absolute atomic E-state index is 0.537. The number of hydrogen-bond acceptors (Lipinski definition) is 1. The molecular weight excluding hydrogens is 194 g/mol. The molecular formula is C6H3F4NS. The molecule has 0 atom stereocenters. The molecule has 0 bridgehead atoms. The smallest absolute Gasteiger partial charge is 0.340 e. The van der Waals surface area contributed by atoms with Gasteiger partial charge in [-0.3, -0.25) is 0 Å². The van der Waals surface area contributed by atoms with Crippen molar-refractivity contribution < 1.29 is 17.6 Å². The van der Waals surface area contributed by atoms with E-state index < -0.39 is 22.3 Å². The van der Waals surface area contributed by atoms with Crippen LogP contribution in [-0.4, -0.2) is 4.98 Å². The molecule has 1 aromatic heterocycles. The van der Waals surface area contributed by atoms with Gasteiger partial charge in [0.05, 0.1) is 0 Å². The fourth-order valence-corrected chi connectivity index (χ4v) is 0.799. The highest BCUT2D eigenvalue weighted by Crippen LogP contribution is 2.27. The monoisotopic (exact) mass is 197 g/mol. The first-order valence-corrected chi connectivity index (χ1v) is 3.28. The molecule has 0 fully saturated rings. The largest absolute Gasteiger partial charge is 0.431 e. The summed E-state index contributed by atoms with van der Waals surface area (Å²) in [7, 11) is 0. The van der Waals surface area contributed by atoms with Crippen LogP contribution < -0.4 is 0 Å². The Balaban J connectivity index is 3.23. The standard InChI is InChI=1S/C6H3F4NS/c7-3-1-2-4(6(8,9)10)11-5(3)12/h1-2H,(H,11,12). The number of rotatable bonds is 0. The SMILES string of the molecule is Fc1ccc(C(F)(F)F)[nH]c1=S. The number of hydrogen-bond donors (Lipinski definition) is 1. The number of nitrogens with one attached hydrogen (secondary N) is 1. The molecule has 0 radical (unpaired) electrons. The number of halogens is 4. The van der Waals surface area contributed by atoms with E-state index in [0.717, 1.165) is 0 Å². The maximum absolute atomic E-state index is 12.4. The fraction of sp³-hybridized carbons (Fsp3) is 0.167. The van der Waals surface area contributed by atoms with Gasteiger partial charge in [0.2, 0.25) is 0 Å². The first-order valence-electron chi connectivity index (χ1n) is 2.87. The van der Waals surface area contributed by atoms with Crippen molar-refractivity contribution in [1.82, 2.24) is 4.98 Å². The van der Waals surface area contributed by atoms with Crippen LogP contribution in [0.25, 0.3) is 0 Å². The molecule has 0 saturated heterocycles. The quantitative estimate of drug-likeness (QED) is 0.499. The third-order valence-electron chi connectivity index (χ3n) is 1.17. The van der Waals surface area contributed by atoms with Gasteiger partial charge in [-0.15, -0.1) is 0 Å². The zero-order valence-corrected chi connectivity index (χ0v) is 6.39. The Bertz CT molecular complexity index is 340. The lowest BCUT2D eigenvalue weighted by Gasteiger charge is -2.05. The highest BCUT2D eigenvalue weighted by molar-refractivity contribution is 7.71. The van der Waals surface area contributed by atoms with Gasteiger partial charge in [0, 0.05) is 0 Å². The molecule has 0 aliphatic rings. The van der Waals surface area contributed by atoms with Crippen molar-refractivity contribution in [2.75, 3.05) is 0 Å². The number of H-pyrrole nitrogens is 1. The van der Waals surface area contributed by atoms with Crippen molar-refractivity contribution in [2.45, 2.75) is 6.18 Å². The molecule has 0 spiro atoms. The summed E-state index contributed by atoms with van der Waals surface area (Å²) < 4.78 is 47.5. The molecule has 1 aromatic rings. The maximum Gasteiger partial charge on any atom is 0.431 e. The van der Waals surface area contributed by atoms with E-state index in [4.69, 9.17) is 0 Å². The molecule has 1 rings (SSSR count). The van der Waals surface area contributed by atoms with Gasteiger partial charge in [-0.05, 0) is 12.1 Å². The molecule has 0 unspecified atom stereocenters. The summed E-state index contributed by atoms with van der Waals surface area (Å²) in [5.41, 5.74) is -1.05. The zero-order chi connectivity index (χ0) is 9.35. The van der Waals surface area contributed by atoms with E-state index in [1.54, 1.807) is 4.98 Å². The van der Waals surface area contributed by atoms with Gasteiger partial charge >= 0.3 is 6.18 Å². The lowest BCUT2D eigenvalue weighted by atomic mass is 10.3. The first-order chi connectivity index (χ1) is 5.41. The molecule has 0 aliphatic heterocycles. The average Bonchev–Trinajstić information content (AvgIpc) is 1.92. The summed E-state index contributed by atoms with van der Waals surface area (Å²) in [6, 6.07) is 1.28.